The van der Waals surface area contributed by atoms with Crippen molar-refractivity contribution in [3.05, 3.63) is 65.9 Å². The first-order valence-corrected chi connectivity index (χ1v) is 22.6. The molecule has 0 radical (unpaired) electrons. The minimum Gasteiger partial charge on any atom is -0.488 e. The minimum absolute atomic E-state index is 0.0180. The van der Waals surface area contributed by atoms with Crippen molar-refractivity contribution in [1.82, 2.24) is 40.4 Å². The molecule has 0 spiro atoms. The monoisotopic (exact) mass is 874 g/mol. The second-order valence-corrected chi connectivity index (χ2v) is 18.1. The number of alkyl carbamates (subject to hydrolysis) is 2. The van der Waals surface area contributed by atoms with Gasteiger partial charge >= 0.3 is 12.2 Å². The molecule has 0 saturated carbocycles. The number of benzene rings is 3. The summed E-state index contributed by atoms with van der Waals surface area (Å²) in [7, 11) is 2.61. The number of amides is 4. The third kappa shape index (κ3) is 8.01. The summed E-state index contributed by atoms with van der Waals surface area (Å²) in [6, 6.07) is 12.7. The predicted molar refractivity (Wildman–Crippen MR) is 239 cm³/mol. The second kappa shape index (κ2) is 17.8. The Morgan fingerprint density at radius 2 is 1.67 bits per heavy atom. The quantitative estimate of drug-likeness (QED) is 0.109. The zero-order valence-electron chi connectivity index (χ0n) is 37.4. The van der Waals surface area contributed by atoms with Crippen molar-refractivity contribution in [1.29, 1.82) is 0 Å². The van der Waals surface area contributed by atoms with Gasteiger partial charge in [-0.15, -0.1) is 0 Å². The Morgan fingerprint density at radius 3 is 2.42 bits per heavy atom. The number of rotatable bonds is 10. The van der Waals surface area contributed by atoms with Gasteiger partial charge in [0, 0.05) is 36.8 Å². The third-order valence-corrected chi connectivity index (χ3v) is 13.9. The number of fused-ring (bicyclic) bond motifs is 6. The van der Waals surface area contributed by atoms with Crippen molar-refractivity contribution in [2.45, 2.75) is 103 Å². The van der Waals surface area contributed by atoms with Gasteiger partial charge in [-0.1, -0.05) is 45.4 Å². The van der Waals surface area contributed by atoms with E-state index in [4.69, 9.17) is 28.9 Å². The minimum atomic E-state index is -0.720. The Kier molecular flexibility index (Phi) is 12.0. The smallest absolute Gasteiger partial charge is 0.407 e. The summed E-state index contributed by atoms with van der Waals surface area (Å²) in [6.07, 6.45) is 5.19. The molecule has 4 amide bonds. The molecular formula is C48H58N8O8. The number of hydrogen-bond acceptors (Lipinski definition) is 10. The fourth-order valence-electron chi connectivity index (χ4n) is 10.3. The largest absolute Gasteiger partial charge is 0.488 e. The van der Waals surface area contributed by atoms with Crippen molar-refractivity contribution in [2.75, 3.05) is 34.0 Å². The van der Waals surface area contributed by atoms with Gasteiger partial charge in [0.2, 0.25) is 11.8 Å². The zero-order chi connectivity index (χ0) is 44.8. The molecule has 2 aromatic heterocycles. The fraction of sp³-hybridized carbons (Fsp3) is 0.500. The molecule has 9 rings (SSSR count). The maximum atomic E-state index is 14.4. The summed E-state index contributed by atoms with van der Waals surface area (Å²) < 4.78 is 21.8. The first-order valence-electron chi connectivity index (χ1n) is 22.6. The number of nitrogens with one attached hydrogen (secondary N) is 4. The molecular weight excluding hydrogens is 817 g/mol. The van der Waals surface area contributed by atoms with Crippen LogP contribution in [0.15, 0.2) is 48.7 Å². The van der Waals surface area contributed by atoms with Gasteiger partial charge in [-0.05, 0) is 103 Å². The van der Waals surface area contributed by atoms with Crippen LogP contribution in [-0.4, -0.2) is 106 Å². The van der Waals surface area contributed by atoms with Gasteiger partial charge in [-0.2, -0.15) is 0 Å². The summed E-state index contributed by atoms with van der Waals surface area (Å²) in [5, 5.41) is 7.60. The molecule has 16 heteroatoms. The number of aromatic amines is 2. The molecule has 0 bridgehead atoms. The van der Waals surface area contributed by atoms with Crippen molar-refractivity contribution >= 4 is 45.8 Å². The van der Waals surface area contributed by atoms with Crippen LogP contribution in [-0.2, 0) is 30.4 Å². The number of methoxy groups -OCH3 is 2. The summed E-state index contributed by atoms with van der Waals surface area (Å²) >= 11 is 0. The Hall–Kier alpha value is -6.16. The number of H-pyrrole nitrogens is 2. The molecule has 0 unspecified atom stereocenters. The average molecular weight is 875 g/mol. The van der Waals surface area contributed by atoms with Crippen LogP contribution < -0.4 is 15.4 Å². The van der Waals surface area contributed by atoms with E-state index in [1.165, 1.54) is 14.2 Å². The maximum absolute atomic E-state index is 14.4. The van der Waals surface area contributed by atoms with Crippen LogP contribution in [0.25, 0.3) is 44.2 Å². The topological polar surface area (TPSA) is 193 Å². The Balaban J connectivity index is 0.970. The number of carbonyl (C=O) groups excluding carboxylic acids is 4. The van der Waals surface area contributed by atoms with Crippen molar-refractivity contribution in [3.8, 4) is 28.1 Å². The molecule has 16 nitrogen and oxygen atoms in total. The summed E-state index contributed by atoms with van der Waals surface area (Å²) in [5.74, 6) is 2.05. The lowest BCUT2D eigenvalue weighted by molar-refractivity contribution is -0.138. The SMILES string of the molecule is CC[C@H]1C[C@@H](c2nc3ccc4cc5c(cc4c3[nH]2)OCc2cc(-c3cnc([C@@H]4CC[C@H](C)N4C(=O)[C@@H](NC(=O)OC)C(C)C)[nH]3)ccc2-5)N(C(=O)[C@@H](NC(=O)OC)C2CCOCC2)C1. The molecule has 3 fully saturated rings. The molecule has 4 aliphatic rings. The van der Waals surface area contributed by atoms with Gasteiger partial charge in [-0.3, -0.25) is 9.59 Å². The first kappa shape index (κ1) is 43.1. The lowest BCUT2D eigenvalue weighted by Crippen LogP contribution is -2.53. The molecule has 4 N–H and O–H groups in total. The zero-order valence-corrected chi connectivity index (χ0v) is 37.4. The molecule has 3 saturated heterocycles. The second-order valence-electron chi connectivity index (χ2n) is 18.1. The van der Waals surface area contributed by atoms with E-state index in [1.807, 2.05) is 42.8 Å². The van der Waals surface area contributed by atoms with Crippen molar-refractivity contribution in [2.24, 2.45) is 17.8 Å². The van der Waals surface area contributed by atoms with E-state index in [-0.39, 0.29) is 41.8 Å². The van der Waals surface area contributed by atoms with Crippen LogP contribution in [0.1, 0.15) is 95.5 Å². The number of hydrogen-bond donors (Lipinski definition) is 4. The highest BCUT2D eigenvalue weighted by Gasteiger charge is 2.44. The molecule has 64 heavy (non-hydrogen) atoms. The molecule has 6 atom stereocenters. The standard InChI is InChI=1S/C48H58N8O8/c1-7-27-18-38(55(23-27)45(57)41(54-48(60)62-6)28-14-16-63-17-15-28)44-50-35-12-10-29-20-34-32-11-9-30(19-31(32)24-64-39(34)21-33(29)42(35)52-44)36-22-49-43(51-36)37-13-8-26(4)56(37)46(58)40(25(2)3)53-47(59)61-5/h9-12,19-22,25-28,37-38,40-41H,7-8,13-18,23-24H2,1-6H3,(H,49,51)(H,50,52)(H,53,59)(H,54,60)/t26-,27-,37-,38-,40-,41-/m0/s1. The average Bonchev–Trinajstić information content (AvgIpc) is 4.14. The van der Waals surface area contributed by atoms with Crippen LogP contribution >= 0.6 is 0 Å². The number of nitrogens with zero attached hydrogens (tertiary/aromatic N) is 4. The van der Waals surface area contributed by atoms with Crippen molar-refractivity contribution in [3.63, 3.8) is 0 Å². The molecule has 6 heterocycles. The highest BCUT2D eigenvalue weighted by atomic mass is 16.5. The Labute approximate surface area is 372 Å². The molecule has 4 aliphatic heterocycles. The number of imidazole rings is 2. The Morgan fingerprint density at radius 1 is 0.891 bits per heavy atom. The van der Waals surface area contributed by atoms with Crippen LogP contribution in [0, 0.1) is 17.8 Å². The van der Waals surface area contributed by atoms with E-state index >= 15 is 0 Å². The van der Waals surface area contributed by atoms with Gasteiger partial charge in [0.1, 0.15) is 36.1 Å². The fourth-order valence-corrected chi connectivity index (χ4v) is 10.3. The third-order valence-electron chi connectivity index (χ3n) is 13.9. The predicted octanol–water partition coefficient (Wildman–Crippen LogP) is 7.55. The van der Waals surface area contributed by atoms with Gasteiger partial charge in [0.05, 0.1) is 49.2 Å². The Bertz CT molecular complexity index is 2580. The normalized spacial score (nSPS) is 21.9. The van der Waals surface area contributed by atoms with Gasteiger partial charge < -0.3 is 49.3 Å². The molecule has 338 valence electrons. The first-order chi connectivity index (χ1) is 31.0. The lowest BCUT2D eigenvalue weighted by Gasteiger charge is -2.34. The van der Waals surface area contributed by atoms with Crippen molar-refractivity contribution < 1.29 is 38.1 Å². The lowest BCUT2D eigenvalue weighted by atomic mass is 9.90. The molecule has 3 aromatic carbocycles. The van der Waals surface area contributed by atoms with Gasteiger partial charge in [0.15, 0.2) is 0 Å². The highest BCUT2D eigenvalue weighted by molar-refractivity contribution is 6.07. The summed E-state index contributed by atoms with van der Waals surface area (Å²) in [5.41, 5.74) is 6.61. The van der Waals surface area contributed by atoms with E-state index in [0.29, 0.717) is 50.9 Å². The van der Waals surface area contributed by atoms with Crippen LogP contribution in [0.2, 0.25) is 0 Å². The van der Waals surface area contributed by atoms with Crippen LogP contribution in [0.5, 0.6) is 5.75 Å². The number of ether oxygens (including phenoxy) is 4. The number of likely N-dealkylation sites (tertiary alicyclic amines) is 2. The van der Waals surface area contributed by atoms with E-state index in [9.17, 15) is 19.2 Å². The maximum Gasteiger partial charge on any atom is 0.407 e. The van der Waals surface area contributed by atoms with E-state index < -0.39 is 24.3 Å². The van der Waals surface area contributed by atoms with E-state index in [2.05, 4.69) is 63.9 Å². The van der Waals surface area contributed by atoms with Crippen LogP contribution in [0.3, 0.4) is 0 Å². The number of carbonyl (C=O) groups is 4. The molecule has 0 aliphatic carbocycles. The van der Waals surface area contributed by atoms with Gasteiger partial charge in [0.25, 0.3) is 0 Å². The number of aromatic nitrogens is 4. The molecule has 5 aromatic rings. The van der Waals surface area contributed by atoms with Crippen LogP contribution in [0.4, 0.5) is 9.59 Å². The van der Waals surface area contributed by atoms with E-state index in [0.717, 1.165) is 87.0 Å². The van der Waals surface area contributed by atoms with Gasteiger partial charge in [-0.25, -0.2) is 19.6 Å². The summed E-state index contributed by atoms with van der Waals surface area (Å²) in [6.45, 7) is 10.1. The van der Waals surface area contributed by atoms with E-state index in [1.54, 1.807) is 0 Å². The highest BCUT2D eigenvalue weighted by Crippen LogP contribution is 2.44. The summed E-state index contributed by atoms with van der Waals surface area (Å²) in [4.78, 5) is 73.7.